The fourth-order valence-corrected chi connectivity index (χ4v) is 6.89. The Morgan fingerprint density at radius 3 is 1.91 bits per heavy atom. The summed E-state index contributed by atoms with van der Waals surface area (Å²) >= 11 is 1.22. The third-order valence-corrected chi connectivity index (χ3v) is 9.49. The van der Waals surface area contributed by atoms with E-state index >= 15 is 0 Å². The minimum atomic E-state index is -3.96. The second-order valence-corrected chi connectivity index (χ2v) is 14.3. The number of rotatable bonds is 12. The zero-order valence-corrected chi connectivity index (χ0v) is 28.3. The molecular formula is C31H42N2O10S2. The molecule has 14 heteroatoms. The van der Waals surface area contributed by atoms with E-state index in [1.807, 2.05) is 55.5 Å². The van der Waals surface area contributed by atoms with Crippen molar-refractivity contribution in [3.63, 3.8) is 0 Å². The molecule has 12 nitrogen and oxygen atoms in total. The summed E-state index contributed by atoms with van der Waals surface area (Å²) in [7, 11) is 0.328. The first kappa shape index (κ1) is 35.0. The highest BCUT2D eigenvalue weighted by molar-refractivity contribution is 8.14. The van der Waals surface area contributed by atoms with E-state index < -0.39 is 57.4 Å². The van der Waals surface area contributed by atoms with Crippen LogP contribution in [0.2, 0.25) is 0 Å². The van der Waals surface area contributed by atoms with Crippen LogP contribution in [0.1, 0.15) is 38.8 Å². The van der Waals surface area contributed by atoms with Gasteiger partial charge in [-0.2, -0.15) is 8.42 Å². The number of carbonyl (C=O) groups excluding carboxylic acids is 1. The van der Waals surface area contributed by atoms with Gasteiger partial charge in [-0.25, -0.2) is 4.79 Å². The number of carbonyl (C=O) groups is 1. The summed E-state index contributed by atoms with van der Waals surface area (Å²) in [6.07, 6.45) is -3.12. The lowest BCUT2D eigenvalue weighted by Crippen LogP contribution is -2.58. The van der Waals surface area contributed by atoms with Crippen molar-refractivity contribution in [3.05, 3.63) is 59.7 Å². The lowest BCUT2D eigenvalue weighted by molar-refractivity contribution is -0.191. The van der Waals surface area contributed by atoms with E-state index in [1.165, 1.54) is 16.7 Å². The molecule has 2 heterocycles. The summed E-state index contributed by atoms with van der Waals surface area (Å²) in [5, 5.41) is 0.393. The molecule has 2 aromatic rings. The lowest BCUT2D eigenvalue weighted by Gasteiger charge is -2.42. The molecule has 2 aromatic carbocycles. The Kier molecular flexibility index (Phi) is 11.8. The number of hydrogen-bond donors (Lipinski definition) is 0. The second-order valence-electron chi connectivity index (χ2n) is 11.4. The van der Waals surface area contributed by atoms with Gasteiger partial charge in [0.05, 0.1) is 34.5 Å². The van der Waals surface area contributed by atoms with Gasteiger partial charge in [-0.15, -0.1) is 0 Å². The third-order valence-electron chi connectivity index (χ3n) is 7.08. The highest BCUT2D eigenvalue weighted by atomic mass is 32.2. The SMILES string of the molecule is CCN(C(=O)OC(C)(C)C)C1=N[C@@H]2[C@@H](OCc3ccc(OC)cc3)[C@H](OCc3ccc(OC)cc3)[C@H](CS(=O)(=O)OC)O[C@@H]2S1. The maximum Gasteiger partial charge on any atom is 0.416 e. The smallest absolute Gasteiger partial charge is 0.416 e. The highest BCUT2D eigenvalue weighted by Crippen LogP contribution is 2.41. The highest BCUT2D eigenvalue weighted by Gasteiger charge is 2.53. The van der Waals surface area contributed by atoms with Gasteiger partial charge in [-0.05, 0) is 63.1 Å². The fourth-order valence-electron chi connectivity index (χ4n) is 4.80. The van der Waals surface area contributed by atoms with Crippen molar-refractivity contribution in [2.45, 2.75) is 76.3 Å². The monoisotopic (exact) mass is 666 g/mol. The van der Waals surface area contributed by atoms with E-state index in [4.69, 9.17) is 37.6 Å². The van der Waals surface area contributed by atoms with Crippen molar-refractivity contribution in [2.24, 2.45) is 4.99 Å². The first-order chi connectivity index (χ1) is 21.4. The zero-order chi connectivity index (χ0) is 32.8. The van der Waals surface area contributed by atoms with E-state index in [0.29, 0.717) is 23.2 Å². The number of fused-ring (bicyclic) bond motifs is 1. The van der Waals surface area contributed by atoms with Gasteiger partial charge in [0.25, 0.3) is 10.1 Å². The number of hydrogen-bond acceptors (Lipinski definition) is 12. The quantitative estimate of drug-likeness (QED) is 0.295. The summed E-state index contributed by atoms with van der Waals surface area (Å²) < 4.78 is 65.7. The Balaban J connectivity index is 1.68. The van der Waals surface area contributed by atoms with Crippen molar-refractivity contribution in [1.29, 1.82) is 0 Å². The van der Waals surface area contributed by atoms with Gasteiger partial charge >= 0.3 is 6.09 Å². The largest absolute Gasteiger partial charge is 0.497 e. The number of thioether (sulfide) groups is 1. The van der Waals surface area contributed by atoms with Gasteiger partial charge in [0.1, 0.15) is 52.6 Å². The van der Waals surface area contributed by atoms with Gasteiger partial charge in [0.15, 0.2) is 5.17 Å². The normalized spacial score (nSPS) is 23.2. The molecule has 2 aliphatic heterocycles. The summed E-state index contributed by atoms with van der Waals surface area (Å²) in [5.41, 5.74) is 0.344. The van der Waals surface area contributed by atoms with E-state index in [1.54, 1.807) is 35.0 Å². The molecule has 0 N–H and O–H groups in total. The Labute approximate surface area is 269 Å². The number of ether oxygens (including phenoxy) is 6. The van der Waals surface area contributed by atoms with Crippen molar-refractivity contribution < 1.29 is 45.8 Å². The Bertz CT molecular complexity index is 1410. The van der Waals surface area contributed by atoms with Crippen molar-refractivity contribution in [2.75, 3.05) is 33.6 Å². The predicted octanol–water partition coefficient (Wildman–Crippen LogP) is 4.60. The van der Waals surface area contributed by atoms with Crippen LogP contribution in [-0.4, -0.2) is 93.6 Å². The molecule has 0 saturated carbocycles. The van der Waals surface area contributed by atoms with Crippen LogP contribution in [0.25, 0.3) is 0 Å². The number of nitrogens with zero attached hydrogens (tertiary/aromatic N) is 2. The topological polar surface area (TPSA) is 131 Å². The van der Waals surface area contributed by atoms with Gasteiger partial charge in [0, 0.05) is 6.54 Å². The summed E-state index contributed by atoms with van der Waals surface area (Å²) in [5.74, 6) is 0.934. The second kappa shape index (κ2) is 15.1. The summed E-state index contributed by atoms with van der Waals surface area (Å²) in [4.78, 5) is 19.4. The number of amidine groups is 1. The zero-order valence-electron chi connectivity index (χ0n) is 26.6. The van der Waals surface area contributed by atoms with Crippen LogP contribution in [0.15, 0.2) is 53.5 Å². The number of amides is 1. The van der Waals surface area contributed by atoms with Crippen molar-refractivity contribution in [1.82, 2.24) is 4.90 Å². The lowest BCUT2D eigenvalue weighted by atomic mass is 9.98. The molecule has 45 heavy (non-hydrogen) atoms. The first-order valence-corrected chi connectivity index (χ1v) is 17.0. The molecule has 1 saturated heterocycles. The molecular weight excluding hydrogens is 624 g/mol. The number of benzene rings is 2. The number of methoxy groups -OCH3 is 2. The summed E-state index contributed by atoms with van der Waals surface area (Å²) in [6.45, 7) is 7.82. The van der Waals surface area contributed by atoms with Gasteiger partial charge in [0.2, 0.25) is 0 Å². The van der Waals surface area contributed by atoms with Crippen molar-refractivity contribution >= 4 is 33.1 Å². The van der Waals surface area contributed by atoms with Crippen LogP contribution < -0.4 is 9.47 Å². The average molecular weight is 667 g/mol. The van der Waals surface area contributed by atoms with Gasteiger partial charge in [-0.3, -0.25) is 14.1 Å². The van der Waals surface area contributed by atoms with Crippen LogP contribution in [0.4, 0.5) is 4.79 Å². The van der Waals surface area contributed by atoms with Crippen LogP contribution in [-0.2, 0) is 46.5 Å². The van der Waals surface area contributed by atoms with Crippen LogP contribution in [0, 0.1) is 0 Å². The van der Waals surface area contributed by atoms with Crippen LogP contribution in [0.5, 0.6) is 11.5 Å². The summed E-state index contributed by atoms with van der Waals surface area (Å²) in [6, 6.07) is 14.2. The molecule has 4 rings (SSSR count). The van der Waals surface area contributed by atoms with Gasteiger partial charge in [-0.1, -0.05) is 36.0 Å². The van der Waals surface area contributed by atoms with Crippen molar-refractivity contribution in [3.8, 4) is 11.5 Å². The molecule has 248 valence electrons. The molecule has 1 amide bonds. The Morgan fingerprint density at radius 1 is 0.911 bits per heavy atom. The van der Waals surface area contributed by atoms with E-state index in [2.05, 4.69) is 0 Å². The molecule has 0 aliphatic carbocycles. The molecule has 0 unspecified atom stereocenters. The third kappa shape index (κ3) is 9.33. The number of aliphatic imine (C=N–C) groups is 1. The van der Waals surface area contributed by atoms with E-state index in [0.717, 1.165) is 18.2 Å². The maximum atomic E-state index is 13.1. The minimum absolute atomic E-state index is 0.143. The molecule has 0 radical (unpaired) electrons. The Morgan fingerprint density at radius 2 is 1.44 bits per heavy atom. The van der Waals surface area contributed by atoms with Crippen LogP contribution in [0.3, 0.4) is 0 Å². The molecule has 1 fully saturated rings. The van der Waals surface area contributed by atoms with Crippen LogP contribution >= 0.6 is 11.8 Å². The molecule has 0 spiro atoms. The minimum Gasteiger partial charge on any atom is -0.497 e. The molecule has 5 atom stereocenters. The van der Waals surface area contributed by atoms with E-state index in [9.17, 15) is 13.2 Å². The first-order valence-electron chi connectivity index (χ1n) is 14.5. The molecule has 2 aliphatic rings. The molecule has 0 aromatic heterocycles. The Hall–Kier alpha value is -2.88. The predicted molar refractivity (Wildman–Crippen MR) is 170 cm³/mol. The standard InChI is InChI=1S/C31H42N2O10S2/c1-8-33(30(34)43-31(2,3)4)29-32-25-27(41-18-21-11-15-23(38-6)16-12-21)26(40-17-20-9-13-22(37-5)14-10-20)24(42-28(25)44-29)19-45(35,36)39-7/h9-16,24-28H,8,17-19H2,1-7H3/t24-,25+,26+,27+,28+/m0/s1. The average Bonchev–Trinajstić information content (AvgIpc) is 3.42. The van der Waals surface area contributed by atoms with Gasteiger partial charge < -0.3 is 28.4 Å². The maximum absolute atomic E-state index is 13.1. The molecule has 0 bridgehead atoms. The van der Waals surface area contributed by atoms with E-state index in [-0.39, 0.29) is 13.2 Å². The fraction of sp³-hybridized carbons (Fsp3) is 0.548.